The molecule has 0 saturated carbocycles. The van der Waals surface area contributed by atoms with Crippen molar-refractivity contribution in [2.45, 2.75) is 32.3 Å². The Morgan fingerprint density at radius 2 is 1.69 bits per heavy atom. The average molecular weight is 484 g/mol. The van der Waals surface area contributed by atoms with Gasteiger partial charge in [-0.25, -0.2) is 0 Å². The number of rotatable bonds is 11. The predicted molar refractivity (Wildman–Crippen MR) is 136 cm³/mol. The minimum Gasteiger partial charge on any atom is -0.491 e. The molecule has 2 heterocycles. The number of para-hydroxylation sites is 1. The zero-order chi connectivity index (χ0) is 24.6. The molecule has 0 aliphatic carbocycles. The Bertz CT molecular complexity index is 963. The standard InChI is InChI=1S/C27H37N3O5/c1-20(11-16-31)18-34-25-9-8-24(23-7-10-26(33)28-27(23)25)35-19-22(32)17-29-12-14-30(15-13-29)21-5-3-2-4-6-21/h2-6,8-9,20,22,31-32H,7,10-19H2,1H3,(H,28,33). The molecule has 2 unspecified atom stereocenters. The van der Waals surface area contributed by atoms with Crippen molar-refractivity contribution in [3.8, 4) is 11.5 Å². The van der Waals surface area contributed by atoms with Crippen molar-refractivity contribution in [2.24, 2.45) is 5.92 Å². The second-order valence-electron chi connectivity index (χ2n) is 9.48. The van der Waals surface area contributed by atoms with E-state index < -0.39 is 6.10 Å². The summed E-state index contributed by atoms with van der Waals surface area (Å²) in [5, 5.41) is 22.7. The molecule has 2 aliphatic rings. The molecule has 0 bridgehead atoms. The van der Waals surface area contributed by atoms with Crippen molar-refractivity contribution in [3.63, 3.8) is 0 Å². The van der Waals surface area contributed by atoms with Crippen molar-refractivity contribution in [1.82, 2.24) is 4.90 Å². The Labute approximate surface area is 207 Å². The summed E-state index contributed by atoms with van der Waals surface area (Å²) in [7, 11) is 0. The van der Waals surface area contributed by atoms with Crippen LogP contribution < -0.4 is 19.7 Å². The highest BCUT2D eigenvalue weighted by molar-refractivity contribution is 5.96. The van der Waals surface area contributed by atoms with Crippen molar-refractivity contribution in [3.05, 3.63) is 48.0 Å². The lowest BCUT2D eigenvalue weighted by molar-refractivity contribution is -0.116. The molecule has 8 nitrogen and oxygen atoms in total. The number of aliphatic hydroxyl groups excluding tert-OH is 2. The molecule has 2 aromatic carbocycles. The van der Waals surface area contributed by atoms with Crippen LogP contribution in [0.3, 0.4) is 0 Å². The second-order valence-corrected chi connectivity index (χ2v) is 9.48. The number of hydrogen-bond donors (Lipinski definition) is 3. The first-order valence-corrected chi connectivity index (χ1v) is 12.6. The van der Waals surface area contributed by atoms with Gasteiger partial charge in [0.05, 0.1) is 12.3 Å². The van der Waals surface area contributed by atoms with E-state index in [2.05, 4.69) is 39.4 Å². The number of carbonyl (C=O) groups is 1. The van der Waals surface area contributed by atoms with Gasteiger partial charge in [0.15, 0.2) is 0 Å². The van der Waals surface area contributed by atoms with E-state index in [0.29, 0.717) is 49.6 Å². The third-order valence-electron chi connectivity index (χ3n) is 6.64. The van der Waals surface area contributed by atoms with E-state index in [1.165, 1.54) is 5.69 Å². The minimum atomic E-state index is -0.609. The van der Waals surface area contributed by atoms with Gasteiger partial charge in [-0.3, -0.25) is 9.69 Å². The molecular weight excluding hydrogens is 446 g/mol. The van der Waals surface area contributed by atoms with Gasteiger partial charge in [-0.2, -0.15) is 0 Å². The fourth-order valence-electron chi connectivity index (χ4n) is 4.59. The van der Waals surface area contributed by atoms with E-state index in [4.69, 9.17) is 14.6 Å². The minimum absolute atomic E-state index is 0.0439. The van der Waals surface area contributed by atoms with Crippen LogP contribution in [0.25, 0.3) is 0 Å². The fraction of sp³-hybridized carbons (Fsp3) is 0.519. The third-order valence-corrected chi connectivity index (χ3v) is 6.64. The molecule has 2 aliphatic heterocycles. The molecule has 0 aromatic heterocycles. The van der Waals surface area contributed by atoms with E-state index in [0.717, 1.165) is 31.7 Å². The van der Waals surface area contributed by atoms with Gasteiger partial charge in [0, 0.05) is 57.0 Å². The van der Waals surface area contributed by atoms with Gasteiger partial charge in [0.1, 0.15) is 24.2 Å². The van der Waals surface area contributed by atoms with Gasteiger partial charge in [-0.15, -0.1) is 0 Å². The number of nitrogens with zero attached hydrogens (tertiary/aromatic N) is 2. The Morgan fingerprint density at radius 1 is 0.971 bits per heavy atom. The third kappa shape index (κ3) is 6.87. The second kappa shape index (κ2) is 12.2. The number of nitrogens with one attached hydrogen (secondary N) is 1. The number of hydrogen-bond acceptors (Lipinski definition) is 7. The monoisotopic (exact) mass is 483 g/mol. The summed E-state index contributed by atoms with van der Waals surface area (Å²) >= 11 is 0. The lowest BCUT2D eigenvalue weighted by Crippen LogP contribution is -2.49. The molecule has 2 atom stereocenters. The topological polar surface area (TPSA) is 94.5 Å². The van der Waals surface area contributed by atoms with Crippen LogP contribution >= 0.6 is 0 Å². The molecule has 1 saturated heterocycles. The maximum Gasteiger partial charge on any atom is 0.224 e. The van der Waals surface area contributed by atoms with E-state index in [1.54, 1.807) is 6.07 Å². The molecule has 1 amide bonds. The maximum absolute atomic E-state index is 12.0. The summed E-state index contributed by atoms with van der Waals surface area (Å²) in [6.45, 7) is 7.01. The summed E-state index contributed by atoms with van der Waals surface area (Å²) in [5.41, 5.74) is 2.80. The molecule has 1 fully saturated rings. The maximum atomic E-state index is 12.0. The van der Waals surface area contributed by atoms with Crippen LogP contribution in [0.4, 0.5) is 11.4 Å². The first-order chi connectivity index (χ1) is 17.0. The van der Waals surface area contributed by atoms with Gasteiger partial charge in [-0.1, -0.05) is 25.1 Å². The predicted octanol–water partition coefficient (Wildman–Crippen LogP) is 2.53. The molecule has 4 rings (SSSR count). The first kappa shape index (κ1) is 25.3. The number of amides is 1. The lowest BCUT2D eigenvalue weighted by atomic mass is 10.0. The normalized spacial score (nSPS) is 17.9. The molecule has 35 heavy (non-hydrogen) atoms. The number of aliphatic hydroxyl groups is 2. The summed E-state index contributed by atoms with van der Waals surface area (Å²) in [5.74, 6) is 1.44. The number of β-amino-alcohol motifs (C(OH)–C–C–N with tert-alkyl or cyclic N) is 1. The molecule has 3 N–H and O–H groups in total. The van der Waals surface area contributed by atoms with Crippen LogP contribution in [0.15, 0.2) is 42.5 Å². The zero-order valence-electron chi connectivity index (χ0n) is 20.5. The van der Waals surface area contributed by atoms with Crippen LogP contribution in [-0.4, -0.2) is 79.7 Å². The van der Waals surface area contributed by atoms with Crippen LogP contribution in [0.5, 0.6) is 11.5 Å². The summed E-state index contributed by atoms with van der Waals surface area (Å²) in [6, 6.07) is 14.1. The Balaban J connectivity index is 1.30. The Kier molecular flexibility index (Phi) is 8.84. The van der Waals surface area contributed by atoms with Crippen LogP contribution in [0, 0.1) is 5.92 Å². The first-order valence-electron chi connectivity index (χ1n) is 12.6. The molecule has 2 aromatic rings. The highest BCUT2D eigenvalue weighted by Gasteiger charge is 2.24. The highest BCUT2D eigenvalue weighted by Crippen LogP contribution is 2.39. The van der Waals surface area contributed by atoms with Crippen molar-refractivity contribution < 1.29 is 24.5 Å². The van der Waals surface area contributed by atoms with Gasteiger partial charge in [0.2, 0.25) is 5.91 Å². The average Bonchev–Trinajstić information content (AvgIpc) is 2.87. The van der Waals surface area contributed by atoms with E-state index in [1.807, 2.05) is 19.1 Å². The Morgan fingerprint density at radius 3 is 2.43 bits per heavy atom. The van der Waals surface area contributed by atoms with Crippen molar-refractivity contribution in [1.29, 1.82) is 0 Å². The molecule has 0 spiro atoms. The molecule has 190 valence electrons. The Hall–Kier alpha value is -2.81. The lowest BCUT2D eigenvalue weighted by Gasteiger charge is -2.36. The highest BCUT2D eigenvalue weighted by atomic mass is 16.5. The van der Waals surface area contributed by atoms with E-state index in [-0.39, 0.29) is 25.0 Å². The molecule has 0 radical (unpaired) electrons. The number of carbonyl (C=O) groups excluding carboxylic acids is 1. The smallest absolute Gasteiger partial charge is 0.224 e. The number of anilines is 2. The number of benzene rings is 2. The number of piperazine rings is 1. The quantitative estimate of drug-likeness (QED) is 0.452. The van der Waals surface area contributed by atoms with Gasteiger partial charge >= 0.3 is 0 Å². The van der Waals surface area contributed by atoms with Crippen LogP contribution in [0.1, 0.15) is 25.3 Å². The summed E-state index contributed by atoms with van der Waals surface area (Å²) < 4.78 is 12.0. The van der Waals surface area contributed by atoms with E-state index >= 15 is 0 Å². The van der Waals surface area contributed by atoms with E-state index in [9.17, 15) is 9.90 Å². The van der Waals surface area contributed by atoms with Crippen LogP contribution in [0.2, 0.25) is 0 Å². The van der Waals surface area contributed by atoms with Crippen molar-refractivity contribution in [2.75, 3.05) is 62.8 Å². The van der Waals surface area contributed by atoms with Gasteiger partial charge in [-0.05, 0) is 43.0 Å². The SMILES string of the molecule is CC(CCO)COc1ccc(OCC(O)CN2CCN(c3ccccc3)CC2)c2c1NC(=O)CC2. The summed E-state index contributed by atoms with van der Waals surface area (Å²) in [4.78, 5) is 16.7. The van der Waals surface area contributed by atoms with Crippen LogP contribution in [-0.2, 0) is 11.2 Å². The largest absolute Gasteiger partial charge is 0.491 e. The van der Waals surface area contributed by atoms with Crippen molar-refractivity contribution >= 4 is 17.3 Å². The fourth-order valence-corrected chi connectivity index (χ4v) is 4.59. The summed E-state index contributed by atoms with van der Waals surface area (Å²) in [6.07, 6.45) is 1.01. The number of fused-ring (bicyclic) bond motifs is 1. The molecular formula is C27H37N3O5. The van der Waals surface area contributed by atoms with Gasteiger partial charge < -0.3 is 29.9 Å². The number of ether oxygens (including phenoxy) is 2. The van der Waals surface area contributed by atoms with Gasteiger partial charge in [0.25, 0.3) is 0 Å². The molecule has 8 heteroatoms. The zero-order valence-corrected chi connectivity index (χ0v) is 20.5.